The highest BCUT2D eigenvalue weighted by atomic mass is 32.1. The Hall–Kier alpha value is -1.81. The van der Waals surface area contributed by atoms with Crippen LogP contribution >= 0.6 is 11.3 Å². The lowest BCUT2D eigenvalue weighted by molar-refractivity contribution is 0.104. The lowest BCUT2D eigenvalue weighted by atomic mass is 10.1. The summed E-state index contributed by atoms with van der Waals surface area (Å²) in [5, 5.41) is 0. The summed E-state index contributed by atoms with van der Waals surface area (Å²) in [6.07, 6.45) is 0.947. The van der Waals surface area contributed by atoms with Crippen LogP contribution in [0.25, 0.3) is 0 Å². The van der Waals surface area contributed by atoms with Gasteiger partial charge in [0.05, 0.1) is 17.7 Å². The molecule has 4 heteroatoms. The van der Waals surface area contributed by atoms with Gasteiger partial charge < -0.3 is 10.5 Å². The van der Waals surface area contributed by atoms with Crippen molar-refractivity contribution in [3.8, 4) is 5.75 Å². The van der Waals surface area contributed by atoms with Crippen LogP contribution in [0.2, 0.25) is 0 Å². The molecule has 0 spiro atoms. The van der Waals surface area contributed by atoms with Crippen molar-refractivity contribution in [1.29, 1.82) is 0 Å². The number of aryl methyl sites for hydroxylation is 1. The topological polar surface area (TPSA) is 52.3 Å². The number of hydrogen-bond acceptors (Lipinski definition) is 4. The van der Waals surface area contributed by atoms with Crippen molar-refractivity contribution in [2.45, 2.75) is 13.3 Å². The van der Waals surface area contributed by atoms with E-state index in [2.05, 4.69) is 6.92 Å². The number of rotatable bonds is 4. The molecule has 18 heavy (non-hydrogen) atoms. The zero-order valence-corrected chi connectivity index (χ0v) is 11.2. The van der Waals surface area contributed by atoms with Gasteiger partial charge in [0, 0.05) is 10.4 Å². The van der Waals surface area contributed by atoms with E-state index in [0.717, 1.165) is 11.3 Å². The number of nitrogens with two attached hydrogens (primary N) is 1. The summed E-state index contributed by atoms with van der Waals surface area (Å²) in [6.45, 7) is 2.07. The van der Waals surface area contributed by atoms with E-state index in [9.17, 15) is 4.79 Å². The van der Waals surface area contributed by atoms with Crippen molar-refractivity contribution < 1.29 is 9.53 Å². The Bertz CT molecular complexity index is 575. The van der Waals surface area contributed by atoms with Crippen LogP contribution in [0.1, 0.15) is 27.0 Å². The van der Waals surface area contributed by atoms with Gasteiger partial charge in [-0.05, 0) is 36.8 Å². The fourth-order valence-corrected chi connectivity index (χ4v) is 2.62. The molecule has 1 heterocycles. The normalized spacial score (nSPS) is 10.3. The van der Waals surface area contributed by atoms with E-state index in [1.165, 1.54) is 16.2 Å². The number of ketones is 1. The fourth-order valence-electron chi connectivity index (χ4n) is 1.71. The largest absolute Gasteiger partial charge is 0.495 e. The molecule has 0 amide bonds. The average Bonchev–Trinajstić information content (AvgIpc) is 2.86. The monoisotopic (exact) mass is 261 g/mol. The first kappa shape index (κ1) is 12.6. The van der Waals surface area contributed by atoms with Crippen LogP contribution in [0.4, 0.5) is 5.69 Å². The Balaban J connectivity index is 2.31. The summed E-state index contributed by atoms with van der Waals surface area (Å²) in [6, 6.07) is 8.98. The molecule has 0 aliphatic carbocycles. The first-order valence-corrected chi connectivity index (χ1v) is 6.54. The summed E-state index contributed by atoms with van der Waals surface area (Å²) >= 11 is 1.53. The molecular formula is C14H15NO2S. The number of methoxy groups -OCH3 is 1. The molecule has 3 nitrogen and oxygen atoms in total. The van der Waals surface area contributed by atoms with Gasteiger partial charge in [0.1, 0.15) is 5.75 Å². The SMILES string of the molecule is CCc1ccc(C(=O)c2ccc(OC)c(N)c2)s1. The molecule has 1 aromatic heterocycles. The number of nitrogen functional groups attached to an aromatic ring is 1. The van der Waals surface area contributed by atoms with Crippen molar-refractivity contribution in [3.05, 3.63) is 45.6 Å². The first-order chi connectivity index (χ1) is 8.65. The smallest absolute Gasteiger partial charge is 0.203 e. The molecule has 2 aromatic rings. The van der Waals surface area contributed by atoms with Gasteiger partial charge in [-0.1, -0.05) is 6.92 Å². The third-order valence-electron chi connectivity index (χ3n) is 2.73. The van der Waals surface area contributed by atoms with Crippen LogP contribution in [-0.4, -0.2) is 12.9 Å². The fraction of sp³-hybridized carbons (Fsp3) is 0.214. The second-order valence-electron chi connectivity index (χ2n) is 3.91. The number of carbonyl (C=O) groups excluding carboxylic acids is 1. The maximum Gasteiger partial charge on any atom is 0.203 e. The summed E-state index contributed by atoms with van der Waals surface area (Å²) in [4.78, 5) is 14.2. The molecule has 0 bridgehead atoms. The van der Waals surface area contributed by atoms with Gasteiger partial charge in [-0.15, -0.1) is 11.3 Å². The highest BCUT2D eigenvalue weighted by Gasteiger charge is 2.13. The van der Waals surface area contributed by atoms with Gasteiger partial charge >= 0.3 is 0 Å². The Morgan fingerprint density at radius 1 is 1.33 bits per heavy atom. The van der Waals surface area contributed by atoms with Crippen LogP contribution < -0.4 is 10.5 Å². The second-order valence-corrected chi connectivity index (χ2v) is 5.07. The van der Waals surface area contributed by atoms with Crippen molar-refractivity contribution in [2.75, 3.05) is 12.8 Å². The molecule has 2 N–H and O–H groups in total. The number of thiophene rings is 1. The summed E-state index contributed by atoms with van der Waals surface area (Å²) in [7, 11) is 1.56. The molecule has 0 radical (unpaired) electrons. The summed E-state index contributed by atoms with van der Waals surface area (Å²) < 4.78 is 5.07. The second kappa shape index (κ2) is 5.23. The zero-order chi connectivity index (χ0) is 13.1. The van der Waals surface area contributed by atoms with Gasteiger partial charge in [0.15, 0.2) is 0 Å². The lowest BCUT2D eigenvalue weighted by Gasteiger charge is -2.05. The van der Waals surface area contributed by atoms with E-state index < -0.39 is 0 Å². The average molecular weight is 261 g/mol. The predicted molar refractivity (Wildman–Crippen MR) is 74.5 cm³/mol. The molecule has 0 saturated carbocycles. The molecule has 0 aliphatic heterocycles. The minimum absolute atomic E-state index is 0.00838. The van der Waals surface area contributed by atoms with Crippen molar-refractivity contribution >= 4 is 22.8 Å². The molecule has 0 atom stereocenters. The minimum Gasteiger partial charge on any atom is -0.495 e. The van der Waals surface area contributed by atoms with Crippen LogP contribution in [0.3, 0.4) is 0 Å². The van der Waals surface area contributed by atoms with Crippen LogP contribution in [-0.2, 0) is 6.42 Å². The van der Waals surface area contributed by atoms with E-state index in [4.69, 9.17) is 10.5 Å². The van der Waals surface area contributed by atoms with E-state index in [1.54, 1.807) is 25.3 Å². The molecule has 0 saturated heterocycles. The predicted octanol–water partition coefficient (Wildman–Crippen LogP) is 3.13. The van der Waals surface area contributed by atoms with Crippen molar-refractivity contribution in [1.82, 2.24) is 0 Å². The zero-order valence-electron chi connectivity index (χ0n) is 10.4. The van der Waals surface area contributed by atoms with Crippen molar-refractivity contribution in [3.63, 3.8) is 0 Å². The highest BCUT2D eigenvalue weighted by Crippen LogP contribution is 2.25. The molecule has 0 fully saturated rings. The van der Waals surface area contributed by atoms with E-state index in [-0.39, 0.29) is 5.78 Å². The molecule has 1 aromatic carbocycles. The number of carbonyl (C=O) groups is 1. The molecule has 2 rings (SSSR count). The Morgan fingerprint density at radius 3 is 2.67 bits per heavy atom. The Kier molecular flexibility index (Phi) is 3.67. The molecule has 0 aliphatic rings. The van der Waals surface area contributed by atoms with Crippen LogP contribution in [0.15, 0.2) is 30.3 Å². The van der Waals surface area contributed by atoms with Crippen molar-refractivity contribution in [2.24, 2.45) is 0 Å². The first-order valence-electron chi connectivity index (χ1n) is 5.72. The van der Waals surface area contributed by atoms with E-state index in [1.807, 2.05) is 12.1 Å². The molecule has 94 valence electrons. The maximum absolute atomic E-state index is 12.2. The van der Waals surface area contributed by atoms with Crippen LogP contribution in [0.5, 0.6) is 5.75 Å². The quantitative estimate of drug-likeness (QED) is 0.679. The standard InChI is InChI=1S/C14H15NO2S/c1-3-10-5-7-13(18-10)14(16)9-4-6-12(17-2)11(15)8-9/h4-8H,3,15H2,1-2H3. The lowest BCUT2D eigenvalue weighted by Crippen LogP contribution is -2.01. The molecule has 0 unspecified atom stereocenters. The maximum atomic E-state index is 12.2. The Morgan fingerprint density at radius 2 is 2.11 bits per heavy atom. The third-order valence-corrected chi connectivity index (χ3v) is 3.95. The van der Waals surface area contributed by atoms with Crippen LogP contribution in [0, 0.1) is 0 Å². The Labute approximate surface area is 110 Å². The number of hydrogen-bond donors (Lipinski definition) is 1. The molecular weight excluding hydrogens is 246 g/mol. The minimum atomic E-state index is 0.00838. The highest BCUT2D eigenvalue weighted by molar-refractivity contribution is 7.14. The number of ether oxygens (including phenoxy) is 1. The van der Waals surface area contributed by atoms with Gasteiger partial charge in [-0.3, -0.25) is 4.79 Å². The van der Waals surface area contributed by atoms with E-state index in [0.29, 0.717) is 17.0 Å². The van der Waals surface area contributed by atoms with Gasteiger partial charge in [0.2, 0.25) is 5.78 Å². The third kappa shape index (κ3) is 2.38. The summed E-state index contributed by atoms with van der Waals surface area (Å²) in [5.41, 5.74) is 6.88. The van der Waals surface area contributed by atoms with E-state index >= 15 is 0 Å². The number of anilines is 1. The summed E-state index contributed by atoms with van der Waals surface area (Å²) in [5.74, 6) is 0.598. The van der Waals surface area contributed by atoms with Gasteiger partial charge in [-0.2, -0.15) is 0 Å². The number of benzene rings is 1. The van der Waals surface area contributed by atoms with Gasteiger partial charge in [-0.25, -0.2) is 0 Å². The van der Waals surface area contributed by atoms with Gasteiger partial charge in [0.25, 0.3) is 0 Å².